The summed E-state index contributed by atoms with van der Waals surface area (Å²) in [7, 11) is 0. The standard InChI is InChI=1S/C49H95NO10/c1-3-5-7-9-11-13-15-17-18-19-20-21-22-23-25-27-29-31-33-35-37-42(53)48(58)50-40(39-59-49-47(57)46(56)45(55)43(38-51)60-49)44(54)41(52)36-34-32-30-28-26-24-16-14-12-10-8-6-4-2/h32,34,40-47,49,51-57H,3-31,33,35-39H2,1-2H3,(H,50,58)/b34-32+/t40?,41?,42?,43-,44?,45+,46+,47-,49-/m1/s1. The second-order valence-electron chi connectivity index (χ2n) is 17.9. The smallest absolute Gasteiger partial charge is 0.249 e. The van der Waals surface area contributed by atoms with Gasteiger partial charge in [0.2, 0.25) is 5.91 Å². The molecule has 1 aliphatic rings. The van der Waals surface area contributed by atoms with E-state index in [2.05, 4.69) is 19.2 Å². The maximum absolute atomic E-state index is 13.1. The van der Waals surface area contributed by atoms with Gasteiger partial charge in [-0.1, -0.05) is 212 Å². The van der Waals surface area contributed by atoms with Crippen LogP contribution in [-0.4, -0.2) is 110 Å². The van der Waals surface area contributed by atoms with Crippen LogP contribution in [0.25, 0.3) is 0 Å². The highest BCUT2D eigenvalue weighted by molar-refractivity contribution is 5.80. The molecule has 8 N–H and O–H groups in total. The first-order valence-corrected chi connectivity index (χ1v) is 25.1. The van der Waals surface area contributed by atoms with Crippen LogP contribution in [0.5, 0.6) is 0 Å². The molecule has 0 aromatic rings. The van der Waals surface area contributed by atoms with E-state index < -0.39 is 74.2 Å². The molecular weight excluding hydrogens is 763 g/mol. The quantitative estimate of drug-likeness (QED) is 0.0218. The van der Waals surface area contributed by atoms with Gasteiger partial charge in [0.1, 0.15) is 36.6 Å². The molecule has 11 nitrogen and oxygen atoms in total. The highest BCUT2D eigenvalue weighted by Crippen LogP contribution is 2.23. The number of allylic oxidation sites excluding steroid dienone is 1. The van der Waals surface area contributed by atoms with Crippen molar-refractivity contribution in [2.75, 3.05) is 13.2 Å². The molecule has 11 heteroatoms. The summed E-state index contributed by atoms with van der Waals surface area (Å²) >= 11 is 0. The number of aliphatic hydroxyl groups excluding tert-OH is 7. The molecule has 0 saturated carbocycles. The first kappa shape index (κ1) is 56.9. The lowest BCUT2D eigenvalue weighted by molar-refractivity contribution is -0.303. The fraction of sp³-hybridized carbons (Fsp3) is 0.939. The molecule has 0 aliphatic carbocycles. The summed E-state index contributed by atoms with van der Waals surface area (Å²) < 4.78 is 11.1. The fourth-order valence-electron chi connectivity index (χ4n) is 8.14. The zero-order valence-corrected chi connectivity index (χ0v) is 38.5. The van der Waals surface area contributed by atoms with E-state index in [4.69, 9.17) is 9.47 Å². The Kier molecular flexibility index (Phi) is 37.4. The van der Waals surface area contributed by atoms with Crippen LogP contribution in [-0.2, 0) is 14.3 Å². The number of hydrogen-bond donors (Lipinski definition) is 8. The van der Waals surface area contributed by atoms with Crippen molar-refractivity contribution >= 4 is 5.91 Å². The molecule has 356 valence electrons. The molecule has 1 amide bonds. The number of amides is 1. The lowest BCUT2D eigenvalue weighted by Gasteiger charge is -2.40. The van der Waals surface area contributed by atoms with Crippen LogP contribution in [0.2, 0.25) is 0 Å². The van der Waals surface area contributed by atoms with Gasteiger partial charge in [-0.3, -0.25) is 4.79 Å². The van der Waals surface area contributed by atoms with Crippen molar-refractivity contribution in [1.82, 2.24) is 5.32 Å². The average molecular weight is 858 g/mol. The van der Waals surface area contributed by atoms with Gasteiger partial charge in [0, 0.05) is 0 Å². The topological polar surface area (TPSA) is 189 Å². The minimum atomic E-state index is -1.67. The molecule has 0 spiro atoms. The molecule has 1 heterocycles. The lowest BCUT2D eigenvalue weighted by atomic mass is 9.99. The van der Waals surface area contributed by atoms with Crippen LogP contribution in [0.15, 0.2) is 12.2 Å². The Morgan fingerprint density at radius 2 is 1.00 bits per heavy atom. The summed E-state index contributed by atoms with van der Waals surface area (Å²) in [6.07, 6.45) is 31.3. The predicted octanol–water partition coefficient (Wildman–Crippen LogP) is 8.84. The minimum Gasteiger partial charge on any atom is -0.394 e. The first-order valence-electron chi connectivity index (χ1n) is 25.1. The average Bonchev–Trinajstić information content (AvgIpc) is 3.25. The third-order valence-corrected chi connectivity index (χ3v) is 12.3. The molecule has 0 aromatic heterocycles. The zero-order chi connectivity index (χ0) is 44.1. The van der Waals surface area contributed by atoms with Crippen molar-refractivity contribution in [3.63, 3.8) is 0 Å². The molecule has 0 aromatic carbocycles. The number of ether oxygens (including phenoxy) is 2. The van der Waals surface area contributed by atoms with Crippen molar-refractivity contribution < 1.29 is 50.0 Å². The minimum absolute atomic E-state index is 0.132. The molecule has 9 atom stereocenters. The van der Waals surface area contributed by atoms with E-state index in [0.717, 1.165) is 38.5 Å². The van der Waals surface area contributed by atoms with Gasteiger partial charge in [0.15, 0.2) is 6.29 Å². The Morgan fingerprint density at radius 3 is 1.43 bits per heavy atom. The van der Waals surface area contributed by atoms with Crippen LogP contribution in [0.3, 0.4) is 0 Å². The molecular formula is C49H95NO10. The molecule has 0 radical (unpaired) electrons. The molecule has 1 aliphatic heterocycles. The largest absolute Gasteiger partial charge is 0.394 e. The normalized spacial score (nSPS) is 21.6. The summed E-state index contributed by atoms with van der Waals surface area (Å²) in [5.41, 5.74) is 0. The summed E-state index contributed by atoms with van der Waals surface area (Å²) in [4.78, 5) is 13.1. The van der Waals surface area contributed by atoms with Crippen molar-refractivity contribution in [2.45, 2.75) is 281 Å². The summed E-state index contributed by atoms with van der Waals surface area (Å²) in [6, 6.07) is -1.19. The first-order chi connectivity index (χ1) is 29.2. The summed E-state index contributed by atoms with van der Waals surface area (Å²) in [6.45, 7) is 3.42. The van der Waals surface area contributed by atoms with E-state index in [9.17, 15) is 40.5 Å². The number of hydrogen-bond acceptors (Lipinski definition) is 10. The molecule has 1 rings (SSSR count). The van der Waals surface area contributed by atoms with Gasteiger partial charge < -0.3 is 50.5 Å². The van der Waals surface area contributed by atoms with E-state index in [0.29, 0.717) is 6.42 Å². The van der Waals surface area contributed by atoms with Gasteiger partial charge in [-0.05, 0) is 25.7 Å². The Hall–Kier alpha value is -1.15. The summed E-state index contributed by atoms with van der Waals surface area (Å²) in [5.74, 6) is -0.710. The van der Waals surface area contributed by atoms with E-state index in [1.807, 2.05) is 12.2 Å². The van der Waals surface area contributed by atoms with Crippen molar-refractivity contribution in [3.05, 3.63) is 12.2 Å². The number of carbonyl (C=O) groups excluding carboxylic acids is 1. The van der Waals surface area contributed by atoms with Crippen molar-refractivity contribution in [3.8, 4) is 0 Å². The van der Waals surface area contributed by atoms with Gasteiger partial charge in [-0.15, -0.1) is 0 Å². The number of unbranched alkanes of at least 4 members (excludes halogenated alkanes) is 29. The van der Waals surface area contributed by atoms with Gasteiger partial charge in [0.25, 0.3) is 0 Å². The second-order valence-corrected chi connectivity index (χ2v) is 17.9. The third kappa shape index (κ3) is 28.5. The number of rotatable bonds is 42. The zero-order valence-electron chi connectivity index (χ0n) is 38.5. The van der Waals surface area contributed by atoms with Gasteiger partial charge >= 0.3 is 0 Å². The lowest BCUT2D eigenvalue weighted by Crippen LogP contribution is -2.60. The number of nitrogens with one attached hydrogen (secondary N) is 1. The van der Waals surface area contributed by atoms with Crippen LogP contribution in [0.1, 0.15) is 226 Å². The Morgan fingerprint density at radius 1 is 0.583 bits per heavy atom. The Balaban J connectivity index is 2.39. The van der Waals surface area contributed by atoms with E-state index in [1.54, 1.807) is 0 Å². The van der Waals surface area contributed by atoms with Gasteiger partial charge in [0.05, 0.1) is 25.4 Å². The molecule has 4 unspecified atom stereocenters. The Bertz CT molecular complexity index is 986. The highest BCUT2D eigenvalue weighted by Gasteiger charge is 2.44. The van der Waals surface area contributed by atoms with E-state index >= 15 is 0 Å². The molecule has 1 fully saturated rings. The number of aliphatic hydroxyl groups is 7. The molecule has 0 bridgehead atoms. The predicted molar refractivity (Wildman–Crippen MR) is 243 cm³/mol. The third-order valence-electron chi connectivity index (χ3n) is 12.3. The molecule has 1 saturated heterocycles. The van der Waals surface area contributed by atoms with Gasteiger partial charge in [-0.25, -0.2) is 0 Å². The fourth-order valence-corrected chi connectivity index (χ4v) is 8.14. The SMILES string of the molecule is CCCCCCCCCCCC/C=C/CC(O)C(O)C(CO[C@@H]1O[C@H](CO)[C@H](O)[C@H](O)[C@H]1O)NC(=O)C(O)CCCCCCCCCCCCCCCCCCCCCC. The van der Waals surface area contributed by atoms with Crippen molar-refractivity contribution in [2.24, 2.45) is 0 Å². The maximum atomic E-state index is 13.1. The maximum Gasteiger partial charge on any atom is 0.249 e. The monoisotopic (exact) mass is 858 g/mol. The summed E-state index contributed by atoms with van der Waals surface area (Å²) in [5, 5.41) is 75.6. The van der Waals surface area contributed by atoms with E-state index in [1.165, 1.54) is 154 Å². The van der Waals surface area contributed by atoms with Crippen LogP contribution in [0.4, 0.5) is 0 Å². The number of carbonyl (C=O) groups is 1. The van der Waals surface area contributed by atoms with Crippen LogP contribution in [0, 0.1) is 0 Å². The Labute approximate surface area is 366 Å². The van der Waals surface area contributed by atoms with Crippen molar-refractivity contribution in [1.29, 1.82) is 0 Å². The highest BCUT2D eigenvalue weighted by atomic mass is 16.7. The van der Waals surface area contributed by atoms with Crippen LogP contribution >= 0.6 is 0 Å². The van der Waals surface area contributed by atoms with Crippen LogP contribution < -0.4 is 5.32 Å². The second kappa shape index (κ2) is 39.4. The molecule has 60 heavy (non-hydrogen) atoms. The van der Waals surface area contributed by atoms with E-state index in [-0.39, 0.29) is 12.8 Å². The van der Waals surface area contributed by atoms with Gasteiger partial charge in [-0.2, -0.15) is 0 Å².